The van der Waals surface area contributed by atoms with Crippen LogP contribution >= 0.6 is 11.6 Å². The lowest BCUT2D eigenvalue weighted by molar-refractivity contribution is -0.162. The molecule has 1 nitrogen and oxygen atoms in total. The van der Waals surface area contributed by atoms with E-state index in [-0.39, 0.29) is 0 Å². The van der Waals surface area contributed by atoms with E-state index in [0.29, 0.717) is 6.07 Å². The highest BCUT2D eigenvalue weighted by molar-refractivity contribution is 6.31. The Bertz CT molecular complexity index is 423. The van der Waals surface area contributed by atoms with Crippen LogP contribution in [0, 0.1) is 0 Å². The maximum Gasteiger partial charge on any atom is 0.417 e. The van der Waals surface area contributed by atoms with E-state index in [1.165, 1.54) is 0 Å². The first-order valence-electron chi connectivity index (χ1n) is 4.25. The second kappa shape index (κ2) is 4.38. The minimum atomic E-state index is -5.16. The monoisotopic (exact) mass is 277 g/mol. The van der Waals surface area contributed by atoms with Crippen LogP contribution in [-0.4, -0.2) is 0 Å². The summed E-state index contributed by atoms with van der Waals surface area (Å²) >= 11 is 5.41. The summed E-state index contributed by atoms with van der Waals surface area (Å²) in [6.45, 7) is -0.725. The van der Waals surface area contributed by atoms with Gasteiger partial charge in [-0.05, 0) is 17.7 Å². The molecule has 0 fully saturated rings. The summed E-state index contributed by atoms with van der Waals surface area (Å²) in [6, 6.07) is 1.05. The van der Waals surface area contributed by atoms with E-state index >= 15 is 0 Å². The van der Waals surface area contributed by atoms with Crippen molar-refractivity contribution < 1.29 is 26.3 Å². The highest BCUT2D eigenvalue weighted by Crippen LogP contribution is 2.43. The molecule has 0 spiro atoms. The smallest absolute Gasteiger partial charge is 0.326 e. The second-order valence-corrected chi connectivity index (χ2v) is 3.56. The Morgan fingerprint density at radius 2 is 1.53 bits per heavy atom. The number of nitrogens with two attached hydrogens (primary N) is 1. The molecule has 0 saturated carbocycles. The van der Waals surface area contributed by atoms with Crippen molar-refractivity contribution in [3.05, 3.63) is 33.8 Å². The van der Waals surface area contributed by atoms with Gasteiger partial charge in [0.25, 0.3) is 0 Å². The van der Waals surface area contributed by atoms with Gasteiger partial charge in [-0.3, -0.25) is 0 Å². The molecule has 0 amide bonds. The van der Waals surface area contributed by atoms with E-state index in [9.17, 15) is 26.3 Å². The summed E-state index contributed by atoms with van der Waals surface area (Å²) in [5.74, 6) is 0. The summed E-state index contributed by atoms with van der Waals surface area (Å²) in [4.78, 5) is 0. The minimum Gasteiger partial charge on any atom is -0.326 e. The van der Waals surface area contributed by atoms with Crippen LogP contribution < -0.4 is 5.73 Å². The highest BCUT2D eigenvalue weighted by Gasteiger charge is 2.45. The third-order valence-electron chi connectivity index (χ3n) is 2.05. The lowest BCUT2D eigenvalue weighted by Gasteiger charge is -2.19. The fourth-order valence-electron chi connectivity index (χ4n) is 1.38. The van der Waals surface area contributed by atoms with Gasteiger partial charge in [-0.1, -0.05) is 11.6 Å². The fraction of sp³-hybridized carbons (Fsp3) is 0.333. The number of rotatable bonds is 1. The molecule has 1 rings (SSSR count). The molecule has 1 aromatic rings. The van der Waals surface area contributed by atoms with Gasteiger partial charge in [0, 0.05) is 11.6 Å². The summed E-state index contributed by atoms with van der Waals surface area (Å²) in [5, 5.41) is -0.437. The molecule has 17 heavy (non-hydrogen) atoms. The molecular formula is C9H6ClF6N. The number of hydrogen-bond donors (Lipinski definition) is 1. The van der Waals surface area contributed by atoms with E-state index < -0.39 is 40.6 Å². The molecule has 0 unspecified atom stereocenters. The third-order valence-corrected chi connectivity index (χ3v) is 2.40. The molecule has 96 valence electrons. The Labute approximate surface area is 97.2 Å². The minimum absolute atomic E-state index is 0.296. The van der Waals surface area contributed by atoms with Crippen LogP contribution in [0.25, 0.3) is 0 Å². The number of alkyl halides is 6. The van der Waals surface area contributed by atoms with Crippen molar-refractivity contribution in [3.8, 4) is 0 Å². The van der Waals surface area contributed by atoms with Crippen molar-refractivity contribution in [2.75, 3.05) is 0 Å². The molecule has 0 aliphatic rings. The quantitative estimate of drug-likeness (QED) is 0.776. The second-order valence-electron chi connectivity index (χ2n) is 3.15. The zero-order valence-corrected chi connectivity index (χ0v) is 8.84. The Morgan fingerprint density at radius 1 is 1.00 bits per heavy atom. The van der Waals surface area contributed by atoms with Crippen molar-refractivity contribution >= 4 is 11.6 Å². The number of halogens is 7. The van der Waals surface area contributed by atoms with Gasteiger partial charge in [0.1, 0.15) is 0 Å². The van der Waals surface area contributed by atoms with Gasteiger partial charge in [-0.25, -0.2) is 0 Å². The van der Waals surface area contributed by atoms with E-state index in [1.807, 2.05) is 0 Å². The molecule has 0 aromatic heterocycles. The molecule has 0 radical (unpaired) electrons. The van der Waals surface area contributed by atoms with Crippen LogP contribution in [0.4, 0.5) is 26.3 Å². The zero-order valence-electron chi connectivity index (χ0n) is 8.08. The van der Waals surface area contributed by atoms with Gasteiger partial charge in [-0.2, -0.15) is 26.3 Å². The normalized spacial score (nSPS) is 12.9. The first-order chi connectivity index (χ1) is 7.59. The average molecular weight is 278 g/mol. The Morgan fingerprint density at radius 3 is 1.88 bits per heavy atom. The molecule has 0 heterocycles. The first kappa shape index (κ1) is 14.1. The van der Waals surface area contributed by atoms with Crippen molar-refractivity contribution in [3.63, 3.8) is 0 Å². The van der Waals surface area contributed by atoms with Crippen LogP contribution in [0.2, 0.25) is 5.02 Å². The van der Waals surface area contributed by atoms with Crippen molar-refractivity contribution in [2.45, 2.75) is 18.9 Å². The largest absolute Gasteiger partial charge is 0.417 e. The van der Waals surface area contributed by atoms with Crippen LogP contribution in [-0.2, 0) is 18.9 Å². The van der Waals surface area contributed by atoms with Gasteiger partial charge in [0.2, 0.25) is 0 Å². The van der Waals surface area contributed by atoms with Crippen molar-refractivity contribution in [2.24, 2.45) is 5.73 Å². The van der Waals surface area contributed by atoms with Gasteiger partial charge in [-0.15, -0.1) is 0 Å². The Hall–Kier alpha value is -0.950. The van der Waals surface area contributed by atoms with Gasteiger partial charge in [0.05, 0.1) is 11.1 Å². The van der Waals surface area contributed by atoms with E-state index in [2.05, 4.69) is 0 Å². The topological polar surface area (TPSA) is 26.0 Å². The highest BCUT2D eigenvalue weighted by atomic mass is 35.5. The summed E-state index contributed by atoms with van der Waals surface area (Å²) in [7, 11) is 0. The van der Waals surface area contributed by atoms with Gasteiger partial charge < -0.3 is 5.73 Å². The predicted octanol–water partition coefficient (Wildman–Crippen LogP) is 3.84. The summed E-state index contributed by atoms with van der Waals surface area (Å²) in [6.07, 6.45) is -10.3. The van der Waals surface area contributed by atoms with E-state index in [1.54, 1.807) is 0 Å². The lowest BCUT2D eigenvalue weighted by atomic mass is 10.00. The van der Waals surface area contributed by atoms with Crippen molar-refractivity contribution in [1.29, 1.82) is 0 Å². The van der Waals surface area contributed by atoms with E-state index in [4.69, 9.17) is 17.3 Å². The molecule has 0 saturated heterocycles. The fourth-order valence-corrected chi connectivity index (χ4v) is 1.62. The van der Waals surface area contributed by atoms with Crippen LogP contribution in [0.15, 0.2) is 12.1 Å². The molecule has 0 atom stereocenters. The lowest BCUT2D eigenvalue weighted by Crippen LogP contribution is -2.20. The standard InChI is InChI=1S/C9H6ClF6N/c10-6-2-1-5(8(11,12)13)7(4(6)3-17)9(14,15)16/h1-2H,3,17H2. The van der Waals surface area contributed by atoms with Crippen LogP contribution in [0.5, 0.6) is 0 Å². The molecule has 0 aliphatic carbocycles. The number of hydrogen-bond acceptors (Lipinski definition) is 1. The van der Waals surface area contributed by atoms with E-state index in [0.717, 1.165) is 6.07 Å². The first-order valence-corrected chi connectivity index (χ1v) is 4.62. The molecule has 0 bridgehead atoms. The molecule has 0 aliphatic heterocycles. The van der Waals surface area contributed by atoms with Gasteiger partial charge >= 0.3 is 12.4 Å². The molecular weight excluding hydrogens is 272 g/mol. The maximum absolute atomic E-state index is 12.6. The molecule has 8 heteroatoms. The predicted molar refractivity (Wildman–Crippen MR) is 49.3 cm³/mol. The molecule has 1 aromatic carbocycles. The average Bonchev–Trinajstić information content (AvgIpc) is 2.13. The molecule has 2 N–H and O–H groups in total. The summed E-state index contributed by atoms with van der Waals surface area (Å²) in [5.41, 5.74) is 0.651. The maximum atomic E-state index is 12.6. The van der Waals surface area contributed by atoms with Gasteiger partial charge in [0.15, 0.2) is 0 Å². The van der Waals surface area contributed by atoms with Crippen molar-refractivity contribution in [1.82, 2.24) is 0 Å². The Kier molecular flexibility index (Phi) is 3.63. The zero-order chi connectivity index (χ0) is 13.4. The van der Waals surface area contributed by atoms with Crippen LogP contribution in [0.1, 0.15) is 16.7 Å². The third kappa shape index (κ3) is 2.84. The summed E-state index contributed by atoms with van der Waals surface area (Å²) < 4.78 is 75.1. The number of benzene rings is 1. The SMILES string of the molecule is NCc1c(Cl)ccc(C(F)(F)F)c1C(F)(F)F. The van der Waals surface area contributed by atoms with Crippen LogP contribution in [0.3, 0.4) is 0 Å². The Balaban J connectivity index is 3.64.